The van der Waals surface area contributed by atoms with Gasteiger partial charge in [-0.2, -0.15) is 0 Å². The van der Waals surface area contributed by atoms with Crippen LogP contribution in [0.5, 0.6) is 0 Å². The van der Waals surface area contributed by atoms with E-state index in [1.807, 2.05) is 30.0 Å². The number of hydrogen-bond acceptors (Lipinski definition) is 4. The highest BCUT2D eigenvalue weighted by molar-refractivity contribution is 5.89. The highest BCUT2D eigenvalue weighted by Crippen LogP contribution is 2.29. The van der Waals surface area contributed by atoms with E-state index in [9.17, 15) is 4.79 Å². The number of carbonyl (C=O) groups excluding carboxylic acids is 1. The molecule has 1 saturated heterocycles. The quantitative estimate of drug-likeness (QED) is 0.857. The summed E-state index contributed by atoms with van der Waals surface area (Å²) < 4.78 is 0. The third kappa shape index (κ3) is 3.81. The van der Waals surface area contributed by atoms with Crippen molar-refractivity contribution in [1.82, 2.24) is 14.9 Å². The minimum absolute atomic E-state index is 0.0564. The summed E-state index contributed by atoms with van der Waals surface area (Å²) in [6.45, 7) is 9.43. The summed E-state index contributed by atoms with van der Waals surface area (Å²) in [6.07, 6.45) is 4.47. The number of amides is 2. The van der Waals surface area contributed by atoms with E-state index in [0.717, 1.165) is 48.1 Å². The van der Waals surface area contributed by atoms with E-state index in [1.165, 1.54) is 30.4 Å². The van der Waals surface area contributed by atoms with Gasteiger partial charge in [-0.1, -0.05) is 6.07 Å². The fourth-order valence-electron chi connectivity index (χ4n) is 4.08. The summed E-state index contributed by atoms with van der Waals surface area (Å²) in [5, 5.41) is 3.05. The number of urea groups is 1. The fourth-order valence-corrected chi connectivity index (χ4v) is 4.08. The highest BCUT2D eigenvalue weighted by Gasteiger charge is 2.27. The van der Waals surface area contributed by atoms with Crippen LogP contribution >= 0.6 is 0 Å². The molecule has 6 heteroatoms. The molecule has 6 nitrogen and oxygen atoms in total. The molecule has 0 spiro atoms. The normalized spacial score (nSPS) is 16.7. The van der Waals surface area contributed by atoms with Gasteiger partial charge in [-0.25, -0.2) is 14.8 Å². The van der Waals surface area contributed by atoms with Crippen molar-refractivity contribution < 1.29 is 4.79 Å². The lowest BCUT2D eigenvalue weighted by Crippen LogP contribution is -2.41. The number of carbonyl (C=O) groups is 1. The molecule has 1 N–H and O–H groups in total. The molecule has 28 heavy (non-hydrogen) atoms. The molecule has 0 radical (unpaired) electrons. The van der Waals surface area contributed by atoms with Gasteiger partial charge in [0.2, 0.25) is 0 Å². The van der Waals surface area contributed by atoms with Gasteiger partial charge in [-0.3, -0.25) is 0 Å². The smallest absolute Gasteiger partial charge is 0.322 e. The Labute approximate surface area is 167 Å². The van der Waals surface area contributed by atoms with E-state index in [2.05, 4.69) is 29.0 Å². The van der Waals surface area contributed by atoms with E-state index in [0.29, 0.717) is 13.1 Å². The molecule has 2 aromatic rings. The number of anilines is 2. The predicted octanol–water partition coefficient (Wildman–Crippen LogP) is 3.98. The van der Waals surface area contributed by atoms with E-state index in [1.54, 1.807) is 0 Å². The van der Waals surface area contributed by atoms with Crippen LogP contribution in [0.1, 0.15) is 47.5 Å². The first-order chi connectivity index (χ1) is 13.5. The molecule has 0 bridgehead atoms. The minimum atomic E-state index is -0.0564. The Morgan fingerprint density at radius 1 is 1.00 bits per heavy atom. The zero-order valence-electron chi connectivity index (χ0n) is 17.1. The SMILES string of the molecule is Cc1nc2c(c(N3CCCCC3)n1)CN(C(=O)Nc1ccc(C)c(C)c1)CC2. The van der Waals surface area contributed by atoms with Crippen LogP contribution in [0.4, 0.5) is 16.3 Å². The monoisotopic (exact) mass is 379 g/mol. The van der Waals surface area contributed by atoms with E-state index >= 15 is 0 Å². The lowest BCUT2D eigenvalue weighted by molar-refractivity contribution is 0.206. The molecule has 4 rings (SSSR count). The van der Waals surface area contributed by atoms with Crippen LogP contribution in [-0.4, -0.2) is 40.5 Å². The Morgan fingerprint density at radius 3 is 2.54 bits per heavy atom. The molecular formula is C22H29N5O. The molecule has 0 unspecified atom stereocenters. The Kier molecular flexibility index (Phi) is 5.20. The predicted molar refractivity (Wildman–Crippen MR) is 112 cm³/mol. The number of piperidine rings is 1. The van der Waals surface area contributed by atoms with Crippen LogP contribution in [0.2, 0.25) is 0 Å². The number of benzene rings is 1. The van der Waals surface area contributed by atoms with Crippen molar-refractivity contribution in [2.75, 3.05) is 29.9 Å². The van der Waals surface area contributed by atoms with Gasteiger partial charge in [-0.05, 0) is 63.3 Å². The summed E-state index contributed by atoms with van der Waals surface area (Å²) in [4.78, 5) is 26.6. The number of nitrogens with one attached hydrogen (secondary N) is 1. The second-order valence-corrected chi connectivity index (χ2v) is 7.97. The molecule has 1 fully saturated rings. The number of aromatic nitrogens is 2. The number of hydrogen-bond donors (Lipinski definition) is 1. The van der Waals surface area contributed by atoms with Gasteiger partial charge in [0, 0.05) is 37.3 Å². The average Bonchev–Trinajstić information content (AvgIpc) is 2.70. The topological polar surface area (TPSA) is 61.4 Å². The van der Waals surface area contributed by atoms with Gasteiger partial charge in [0.25, 0.3) is 0 Å². The standard InChI is InChI=1S/C22H29N5O/c1-15-7-8-18(13-16(15)2)25-22(28)27-12-9-20-19(14-27)21(24-17(3)23-20)26-10-5-4-6-11-26/h7-8,13H,4-6,9-12,14H2,1-3H3,(H,25,28). The van der Waals surface area contributed by atoms with Gasteiger partial charge < -0.3 is 15.1 Å². The van der Waals surface area contributed by atoms with Gasteiger partial charge in [0.05, 0.1) is 12.2 Å². The molecule has 3 heterocycles. The lowest BCUT2D eigenvalue weighted by Gasteiger charge is -2.34. The number of fused-ring (bicyclic) bond motifs is 1. The number of nitrogens with zero attached hydrogens (tertiary/aromatic N) is 4. The van der Waals surface area contributed by atoms with Gasteiger partial charge in [0.15, 0.2) is 0 Å². The van der Waals surface area contributed by atoms with Gasteiger partial charge in [0.1, 0.15) is 11.6 Å². The van der Waals surface area contributed by atoms with Crippen LogP contribution in [0.3, 0.4) is 0 Å². The Bertz CT molecular complexity index is 889. The second-order valence-electron chi connectivity index (χ2n) is 7.97. The van der Waals surface area contributed by atoms with Crippen LogP contribution < -0.4 is 10.2 Å². The summed E-state index contributed by atoms with van der Waals surface area (Å²) in [5.74, 6) is 1.86. The summed E-state index contributed by atoms with van der Waals surface area (Å²) in [6, 6.07) is 5.97. The first kappa shape index (κ1) is 18.7. The van der Waals surface area contributed by atoms with Crippen LogP contribution in [0, 0.1) is 20.8 Å². The van der Waals surface area contributed by atoms with Crippen molar-refractivity contribution in [3.8, 4) is 0 Å². The van der Waals surface area contributed by atoms with Gasteiger partial charge >= 0.3 is 6.03 Å². The van der Waals surface area contributed by atoms with Crippen LogP contribution in [0.15, 0.2) is 18.2 Å². The molecule has 0 atom stereocenters. The zero-order chi connectivity index (χ0) is 19.7. The third-order valence-electron chi connectivity index (χ3n) is 5.85. The fraction of sp³-hybridized carbons (Fsp3) is 0.500. The molecular weight excluding hydrogens is 350 g/mol. The highest BCUT2D eigenvalue weighted by atomic mass is 16.2. The summed E-state index contributed by atoms with van der Waals surface area (Å²) in [7, 11) is 0. The van der Waals surface area contributed by atoms with Crippen LogP contribution in [0.25, 0.3) is 0 Å². The van der Waals surface area contributed by atoms with E-state index < -0.39 is 0 Å². The minimum Gasteiger partial charge on any atom is -0.356 e. The largest absolute Gasteiger partial charge is 0.356 e. The second kappa shape index (κ2) is 7.78. The molecule has 2 amide bonds. The first-order valence-electron chi connectivity index (χ1n) is 10.3. The van der Waals surface area contributed by atoms with Crippen LogP contribution in [-0.2, 0) is 13.0 Å². The Hall–Kier alpha value is -2.63. The van der Waals surface area contributed by atoms with Gasteiger partial charge in [-0.15, -0.1) is 0 Å². The molecule has 2 aliphatic heterocycles. The Morgan fingerprint density at radius 2 is 1.79 bits per heavy atom. The van der Waals surface area contributed by atoms with Crippen molar-refractivity contribution in [2.24, 2.45) is 0 Å². The third-order valence-corrected chi connectivity index (χ3v) is 5.85. The first-order valence-corrected chi connectivity index (χ1v) is 10.3. The van der Waals surface area contributed by atoms with Crippen molar-refractivity contribution in [1.29, 1.82) is 0 Å². The molecule has 148 valence electrons. The van der Waals surface area contributed by atoms with Crippen molar-refractivity contribution >= 4 is 17.5 Å². The maximum absolute atomic E-state index is 12.9. The Balaban J connectivity index is 1.54. The molecule has 0 aliphatic carbocycles. The van der Waals surface area contributed by atoms with E-state index in [-0.39, 0.29) is 6.03 Å². The summed E-state index contributed by atoms with van der Waals surface area (Å²) >= 11 is 0. The molecule has 2 aliphatic rings. The maximum atomic E-state index is 12.9. The van der Waals surface area contributed by atoms with Crippen molar-refractivity contribution in [2.45, 2.75) is 53.0 Å². The maximum Gasteiger partial charge on any atom is 0.322 e. The number of aryl methyl sites for hydroxylation is 3. The van der Waals surface area contributed by atoms with Crippen molar-refractivity contribution in [3.63, 3.8) is 0 Å². The molecule has 0 saturated carbocycles. The lowest BCUT2D eigenvalue weighted by atomic mass is 10.0. The molecule has 1 aromatic carbocycles. The molecule has 1 aromatic heterocycles. The van der Waals surface area contributed by atoms with E-state index in [4.69, 9.17) is 4.98 Å². The summed E-state index contributed by atoms with van der Waals surface area (Å²) in [5.41, 5.74) is 5.47. The van der Waals surface area contributed by atoms with Crippen molar-refractivity contribution in [3.05, 3.63) is 46.4 Å². The number of rotatable bonds is 2. The average molecular weight is 380 g/mol. The zero-order valence-corrected chi connectivity index (χ0v) is 17.1.